The van der Waals surface area contributed by atoms with Crippen LogP contribution in [0.1, 0.15) is 43.7 Å². The fourth-order valence-corrected chi connectivity index (χ4v) is 3.58. The highest BCUT2D eigenvalue weighted by molar-refractivity contribution is 7.99. The van der Waals surface area contributed by atoms with E-state index in [0.29, 0.717) is 22.4 Å². The van der Waals surface area contributed by atoms with E-state index in [9.17, 15) is 9.18 Å². The van der Waals surface area contributed by atoms with Gasteiger partial charge in [-0.05, 0) is 47.9 Å². The average molecular weight is 349 g/mol. The van der Waals surface area contributed by atoms with Crippen LogP contribution in [0.3, 0.4) is 0 Å². The van der Waals surface area contributed by atoms with Crippen LogP contribution in [0, 0.1) is 12.7 Å². The van der Waals surface area contributed by atoms with Crippen LogP contribution in [0.2, 0.25) is 0 Å². The van der Waals surface area contributed by atoms with E-state index >= 15 is 0 Å². The Morgan fingerprint density at radius 2 is 2.17 bits per heavy atom. The summed E-state index contributed by atoms with van der Waals surface area (Å²) < 4.78 is 15.3. The van der Waals surface area contributed by atoms with Gasteiger partial charge >= 0.3 is 0 Å². The van der Waals surface area contributed by atoms with E-state index in [4.69, 9.17) is 0 Å². The van der Waals surface area contributed by atoms with Gasteiger partial charge in [0.05, 0.1) is 11.8 Å². The summed E-state index contributed by atoms with van der Waals surface area (Å²) in [5.41, 5.74) is 1.00. The molecule has 0 unspecified atom stereocenters. The molecule has 0 radical (unpaired) electrons. The summed E-state index contributed by atoms with van der Waals surface area (Å²) in [6.07, 6.45) is 5.79. The highest BCUT2D eigenvalue weighted by atomic mass is 32.2. The van der Waals surface area contributed by atoms with Gasteiger partial charge in [0.1, 0.15) is 5.82 Å². The van der Waals surface area contributed by atoms with Crippen molar-refractivity contribution < 1.29 is 9.18 Å². The van der Waals surface area contributed by atoms with Crippen LogP contribution in [0.25, 0.3) is 0 Å². The zero-order chi connectivity index (χ0) is 16.9. The number of tetrazole rings is 1. The molecule has 1 N–H and O–H groups in total. The Kier molecular flexibility index (Phi) is 5.44. The minimum Gasteiger partial charge on any atom is -0.325 e. The molecule has 1 aromatic heterocycles. The number of rotatable bonds is 5. The maximum atomic E-state index is 13.5. The van der Waals surface area contributed by atoms with Gasteiger partial charge in [-0.15, -0.1) is 5.10 Å². The molecule has 0 bridgehead atoms. The largest absolute Gasteiger partial charge is 0.325 e. The predicted molar refractivity (Wildman–Crippen MR) is 90.4 cm³/mol. The smallest absolute Gasteiger partial charge is 0.234 e. The first-order chi connectivity index (χ1) is 11.6. The fraction of sp³-hybridized carbons (Fsp3) is 0.500. The van der Waals surface area contributed by atoms with Crippen molar-refractivity contribution in [2.75, 3.05) is 11.1 Å². The van der Waals surface area contributed by atoms with Gasteiger partial charge in [0, 0.05) is 5.69 Å². The van der Waals surface area contributed by atoms with Gasteiger partial charge in [-0.3, -0.25) is 4.79 Å². The van der Waals surface area contributed by atoms with Crippen molar-refractivity contribution in [2.24, 2.45) is 0 Å². The number of amides is 1. The lowest BCUT2D eigenvalue weighted by Crippen LogP contribution is -2.17. The molecule has 1 fully saturated rings. The predicted octanol–water partition coefficient (Wildman–Crippen LogP) is 3.36. The number of hydrogen-bond donors (Lipinski definition) is 1. The molecule has 1 heterocycles. The lowest BCUT2D eigenvalue weighted by molar-refractivity contribution is -0.113. The molecule has 0 aliphatic heterocycles. The van der Waals surface area contributed by atoms with Crippen LogP contribution in [0.5, 0.6) is 0 Å². The minimum atomic E-state index is -0.332. The first-order valence-electron chi connectivity index (χ1n) is 8.10. The number of aromatic nitrogens is 4. The lowest BCUT2D eigenvalue weighted by Gasteiger charge is -2.21. The molecule has 0 spiro atoms. The molecule has 1 aliphatic carbocycles. The molecule has 0 atom stereocenters. The molecule has 6 nitrogen and oxygen atoms in total. The molecule has 1 amide bonds. The number of nitrogens with one attached hydrogen (secondary N) is 1. The van der Waals surface area contributed by atoms with Crippen molar-refractivity contribution in [1.29, 1.82) is 0 Å². The summed E-state index contributed by atoms with van der Waals surface area (Å²) in [6.45, 7) is 1.68. The number of halogens is 1. The van der Waals surface area contributed by atoms with E-state index in [2.05, 4.69) is 20.8 Å². The van der Waals surface area contributed by atoms with Gasteiger partial charge < -0.3 is 5.32 Å². The average Bonchev–Trinajstić information content (AvgIpc) is 3.06. The van der Waals surface area contributed by atoms with Crippen LogP contribution >= 0.6 is 11.8 Å². The molecule has 1 aliphatic rings. The van der Waals surface area contributed by atoms with Crippen LogP contribution in [0.15, 0.2) is 23.4 Å². The minimum absolute atomic E-state index is 0.183. The lowest BCUT2D eigenvalue weighted by atomic mass is 9.96. The molecule has 2 aromatic rings. The number of hydrogen-bond acceptors (Lipinski definition) is 5. The Hall–Kier alpha value is -1.96. The van der Waals surface area contributed by atoms with Crippen molar-refractivity contribution in [2.45, 2.75) is 50.2 Å². The second kappa shape index (κ2) is 7.74. The van der Waals surface area contributed by atoms with E-state index in [1.54, 1.807) is 19.1 Å². The Morgan fingerprint density at radius 1 is 1.38 bits per heavy atom. The topological polar surface area (TPSA) is 72.7 Å². The third-order valence-electron chi connectivity index (χ3n) is 4.17. The Bertz CT molecular complexity index is 714. The summed E-state index contributed by atoms with van der Waals surface area (Å²) in [5, 5.41) is 15.2. The van der Waals surface area contributed by atoms with Gasteiger partial charge in [0.15, 0.2) is 0 Å². The number of carbonyl (C=O) groups is 1. The third kappa shape index (κ3) is 4.11. The fourth-order valence-electron chi connectivity index (χ4n) is 2.83. The number of carbonyl (C=O) groups excluding carboxylic acids is 1. The molecular weight excluding hydrogens is 329 g/mol. The maximum Gasteiger partial charge on any atom is 0.234 e. The summed E-state index contributed by atoms with van der Waals surface area (Å²) in [4.78, 5) is 12.1. The number of anilines is 1. The molecule has 0 saturated heterocycles. The Morgan fingerprint density at radius 3 is 2.92 bits per heavy atom. The zero-order valence-electron chi connectivity index (χ0n) is 13.5. The number of aryl methyl sites for hydroxylation is 1. The van der Waals surface area contributed by atoms with Crippen LogP contribution in [-0.2, 0) is 4.79 Å². The second-order valence-electron chi connectivity index (χ2n) is 6.00. The molecule has 1 aromatic carbocycles. The SMILES string of the molecule is Cc1ccc(NC(=O)CSc2nnnn2C2CCCCC2)cc1F. The number of benzene rings is 1. The van der Waals surface area contributed by atoms with Crippen molar-refractivity contribution in [3.63, 3.8) is 0 Å². The summed E-state index contributed by atoms with van der Waals surface area (Å²) >= 11 is 1.30. The van der Waals surface area contributed by atoms with Crippen LogP contribution in [-0.4, -0.2) is 31.9 Å². The first-order valence-corrected chi connectivity index (χ1v) is 9.09. The Balaban J connectivity index is 1.56. The highest BCUT2D eigenvalue weighted by Crippen LogP contribution is 2.30. The number of nitrogens with zero attached hydrogens (tertiary/aromatic N) is 4. The quantitative estimate of drug-likeness (QED) is 0.838. The molecule has 8 heteroatoms. The van der Waals surface area contributed by atoms with Crippen molar-refractivity contribution in [1.82, 2.24) is 20.2 Å². The molecular formula is C16H20FN5OS. The maximum absolute atomic E-state index is 13.5. The highest BCUT2D eigenvalue weighted by Gasteiger charge is 2.20. The molecule has 1 saturated carbocycles. The monoisotopic (exact) mass is 349 g/mol. The van der Waals surface area contributed by atoms with Gasteiger partial charge in [-0.2, -0.15) is 0 Å². The first kappa shape index (κ1) is 16.9. The van der Waals surface area contributed by atoms with E-state index in [0.717, 1.165) is 12.8 Å². The van der Waals surface area contributed by atoms with Crippen molar-refractivity contribution in [3.05, 3.63) is 29.6 Å². The second-order valence-corrected chi connectivity index (χ2v) is 6.94. The van der Waals surface area contributed by atoms with Gasteiger partial charge in [0.25, 0.3) is 0 Å². The zero-order valence-corrected chi connectivity index (χ0v) is 14.4. The summed E-state index contributed by atoms with van der Waals surface area (Å²) in [5.74, 6) is -0.356. The third-order valence-corrected chi connectivity index (χ3v) is 5.10. The normalized spacial score (nSPS) is 15.4. The van der Waals surface area contributed by atoms with Crippen LogP contribution < -0.4 is 5.32 Å². The van der Waals surface area contributed by atoms with E-state index in [-0.39, 0.29) is 17.5 Å². The van der Waals surface area contributed by atoms with Gasteiger partial charge in [-0.25, -0.2) is 9.07 Å². The van der Waals surface area contributed by atoms with Crippen molar-refractivity contribution >= 4 is 23.4 Å². The van der Waals surface area contributed by atoms with Gasteiger partial charge in [-0.1, -0.05) is 37.1 Å². The molecule has 24 heavy (non-hydrogen) atoms. The van der Waals surface area contributed by atoms with E-state index in [1.165, 1.54) is 37.1 Å². The summed E-state index contributed by atoms with van der Waals surface area (Å²) in [6, 6.07) is 4.98. The van der Waals surface area contributed by atoms with Crippen LogP contribution in [0.4, 0.5) is 10.1 Å². The van der Waals surface area contributed by atoms with E-state index in [1.807, 2.05) is 4.68 Å². The van der Waals surface area contributed by atoms with Gasteiger partial charge in [0.2, 0.25) is 11.1 Å². The van der Waals surface area contributed by atoms with Crippen molar-refractivity contribution in [3.8, 4) is 0 Å². The molecule has 128 valence electrons. The Labute approximate surface area is 144 Å². The molecule has 3 rings (SSSR count). The number of thioether (sulfide) groups is 1. The summed E-state index contributed by atoms with van der Waals surface area (Å²) in [7, 11) is 0. The van der Waals surface area contributed by atoms with E-state index < -0.39 is 0 Å². The standard InChI is InChI=1S/C16H20FN5OS/c1-11-7-8-12(9-14(11)17)18-15(23)10-24-16-19-20-21-22(16)13-5-3-2-4-6-13/h7-9,13H,2-6,10H2,1H3,(H,18,23).